The van der Waals surface area contributed by atoms with E-state index in [0.717, 1.165) is 5.56 Å². The summed E-state index contributed by atoms with van der Waals surface area (Å²) < 4.78 is 0.512. The van der Waals surface area contributed by atoms with Crippen molar-refractivity contribution in [3.8, 4) is 0 Å². The molecule has 0 aliphatic carbocycles. The predicted octanol–water partition coefficient (Wildman–Crippen LogP) is 2.13. The third kappa shape index (κ3) is 3.88. The predicted molar refractivity (Wildman–Crippen MR) is 82.9 cm³/mol. The molecule has 1 aromatic heterocycles. The summed E-state index contributed by atoms with van der Waals surface area (Å²) in [7, 11) is 1.59. The lowest BCUT2D eigenvalue weighted by molar-refractivity contribution is 0.0945. The standard InChI is InChI=1S/C15H14BrN3O2/c1-17-14(20)11-6-4-10(5-7-11)9-19-15(21)12-3-2-8-18-13(12)16/h2-8H,9H2,1H3,(H,17,20)(H,19,21). The van der Waals surface area contributed by atoms with E-state index < -0.39 is 0 Å². The second kappa shape index (κ2) is 6.99. The van der Waals surface area contributed by atoms with Gasteiger partial charge in [-0.25, -0.2) is 4.98 Å². The van der Waals surface area contributed by atoms with Gasteiger partial charge >= 0.3 is 0 Å². The Labute approximate surface area is 130 Å². The van der Waals surface area contributed by atoms with Gasteiger partial charge in [-0.15, -0.1) is 0 Å². The van der Waals surface area contributed by atoms with Gasteiger partial charge in [-0.1, -0.05) is 12.1 Å². The number of amides is 2. The minimum absolute atomic E-state index is 0.134. The van der Waals surface area contributed by atoms with Crippen LogP contribution in [-0.2, 0) is 6.54 Å². The van der Waals surface area contributed by atoms with E-state index in [1.165, 1.54) is 0 Å². The lowest BCUT2D eigenvalue weighted by atomic mass is 10.1. The Morgan fingerprint density at radius 2 is 1.86 bits per heavy atom. The fourth-order valence-corrected chi connectivity index (χ4v) is 2.18. The highest BCUT2D eigenvalue weighted by Crippen LogP contribution is 2.12. The summed E-state index contributed by atoms with van der Waals surface area (Å²) in [6, 6.07) is 10.5. The van der Waals surface area contributed by atoms with E-state index in [4.69, 9.17) is 0 Å². The SMILES string of the molecule is CNC(=O)c1ccc(CNC(=O)c2cccnc2Br)cc1. The lowest BCUT2D eigenvalue weighted by Crippen LogP contribution is -2.23. The molecule has 108 valence electrons. The third-order valence-corrected chi connectivity index (χ3v) is 3.53. The maximum absolute atomic E-state index is 12.0. The number of nitrogens with one attached hydrogen (secondary N) is 2. The molecule has 0 aliphatic heterocycles. The molecule has 0 atom stereocenters. The first-order chi connectivity index (χ1) is 10.1. The maximum atomic E-state index is 12.0. The molecule has 0 unspecified atom stereocenters. The molecule has 2 aromatic rings. The van der Waals surface area contributed by atoms with Gasteiger partial charge in [0.25, 0.3) is 11.8 Å². The third-order valence-electron chi connectivity index (χ3n) is 2.90. The molecule has 2 rings (SSSR count). The van der Waals surface area contributed by atoms with Crippen LogP contribution in [0.3, 0.4) is 0 Å². The van der Waals surface area contributed by atoms with Crippen LogP contribution < -0.4 is 10.6 Å². The number of benzene rings is 1. The second-order valence-electron chi connectivity index (χ2n) is 4.30. The van der Waals surface area contributed by atoms with Gasteiger partial charge < -0.3 is 10.6 Å². The largest absolute Gasteiger partial charge is 0.355 e. The first kappa shape index (κ1) is 15.2. The Morgan fingerprint density at radius 3 is 2.48 bits per heavy atom. The Morgan fingerprint density at radius 1 is 1.14 bits per heavy atom. The van der Waals surface area contributed by atoms with E-state index >= 15 is 0 Å². The van der Waals surface area contributed by atoms with Gasteiger partial charge in [0.15, 0.2) is 0 Å². The van der Waals surface area contributed by atoms with E-state index in [2.05, 4.69) is 31.5 Å². The van der Waals surface area contributed by atoms with Crippen LogP contribution in [0.25, 0.3) is 0 Å². The summed E-state index contributed by atoms with van der Waals surface area (Å²) in [4.78, 5) is 27.4. The molecule has 1 heterocycles. The topological polar surface area (TPSA) is 71.1 Å². The zero-order valence-electron chi connectivity index (χ0n) is 11.4. The van der Waals surface area contributed by atoms with Crippen LogP contribution in [0.2, 0.25) is 0 Å². The Hall–Kier alpha value is -2.21. The van der Waals surface area contributed by atoms with E-state index in [0.29, 0.717) is 22.3 Å². The molecule has 2 N–H and O–H groups in total. The molecule has 0 saturated heterocycles. The highest BCUT2D eigenvalue weighted by atomic mass is 79.9. The highest BCUT2D eigenvalue weighted by molar-refractivity contribution is 9.10. The van der Waals surface area contributed by atoms with Gasteiger partial charge in [0.2, 0.25) is 0 Å². The Kier molecular flexibility index (Phi) is 5.05. The van der Waals surface area contributed by atoms with Crippen molar-refractivity contribution >= 4 is 27.7 Å². The second-order valence-corrected chi connectivity index (χ2v) is 5.05. The van der Waals surface area contributed by atoms with E-state index in [1.807, 2.05) is 12.1 Å². The molecule has 5 nitrogen and oxygen atoms in total. The Bertz CT molecular complexity index is 656. The number of pyridine rings is 1. The van der Waals surface area contributed by atoms with Crippen molar-refractivity contribution in [1.82, 2.24) is 15.6 Å². The van der Waals surface area contributed by atoms with E-state index in [-0.39, 0.29) is 11.8 Å². The Balaban J connectivity index is 1.99. The van der Waals surface area contributed by atoms with Crippen molar-refractivity contribution in [1.29, 1.82) is 0 Å². The number of nitrogens with zero attached hydrogens (tertiary/aromatic N) is 1. The average Bonchev–Trinajstić information content (AvgIpc) is 2.52. The summed E-state index contributed by atoms with van der Waals surface area (Å²) in [5, 5.41) is 5.37. The van der Waals surface area contributed by atoms with Crippen molar-refractivity contribution < 1.29 is 9.59 Å². The summed E-state index contributed by atoms with van der Waals surface area (Å²) >= 11 is 3.24. The molecule has 0 radical (unpaired) electrons. The van der Waals surface area contributed by atoms with Gasteiger partial charge in [-0.3, -0.25) is 9.59 Å². The molecule has 0 aliphatic rings. The number of aromatic nitrogens is 1. The molecule has 0 saturated carbocycles. The van der Waals surface area contributed by atoms with Crippen LogP contribution in [0.15, 0.2) is 47.2 Å². The van der Waals surface area contributed by atoms with Gasteiger partial charge in [0.1, 0.15) is 4.60 Å². The number of rotatable bonds is 4. The molecule has 0 fully saturated rings. The van der Waals surface area contributed by atoms with Crippen LogP contribution in [0.5, 0.6) is 0 Å². The molecule has 1 aromatic carbocycles. The number of carbonyl (C=O) groups excluding carboxylic acids is 2. The van der Waals surface area contributed by atoms with Gasteiger partial charge in [-0.2, -0.15) is 0 Å². The van der Waals surface area contributed by atoms with Crippen molar-refractivity contribution in [3.63, 3.8) is 0 Å². The van der Waals surface area contributed by atoms with Crippen LogP contribution in [0, 0.1) is 0 Å². The molecule has 2 amide bonds. The average molecular weight is 348 g/mol. The molecular formula is C15H14BrN3O2. The molecule has 6 heteroatoms. The van der Waals surface area contributed by atoms with Gasteiger partial charge in [-0.05, 0) is 45.8 Å². The minimum Gasteiger partial charge on any atom is -0.355 e. The summed E-state index contributed by atoms with van der Waals surface area (Å²) in [5.41, 5.74) is 1.98. The summed E-state index contributed by atoms with van der Waals surface area (Å²) in [5.74, 6) is -0.338. The molecule has 0 spiro atoms. The minimum atomic E-state index is -0.203. The van der Waals surface area contributed by atoms with Crippen LogP contribution in [0.4, 0.5) is 0 Å². The fraction of sp³-hybridized carbons (Fsp3) is 0.133. The van der Waals surface area contributed by atoms with Crippen LogP contribution >= 0.6 is 15.9 Å². The highest BCUT2D eigenvalue weighted by Gasteiger charge is 2.10. The van der Waals surface area contributed by atoms with Gasteiger partial charge in [0, 0.05) is 25.4 Å². The number of hydrogen-bond acceptors (Lipinski definition) is 3. The molecule has 21 heavy (non-hydrogen) atoms. The molecular weight excluding hydrogens is 334 g/mol. The normalized spacial score (nSPS) is 10.0. The zero-order chi connectivity index (χ0) is 15.2. The molecule has 0 bridgehead atoms. The van der Waals surface area contributed by atoms with Crippen LogP contribution in [-0.4, -0.2) is 23.8 Å². The monoisotopic (exact) mass is 347 g/mol. The smallest absolute Gasteiger partial charge is 0.254 e. The zero-order valence-corrected chi connectivity index (χ0v) is 13.0. The fourth-order valence-electron chi connectivity index (χ4n) is 1.75. The first-order valence-electron chi connectivity index (χ1n) is 6.31. The summed E-state index contributed by atoms with van der Waals surface area (Å²) in [6.07, 6.45) is 1.61. The van der Waals surface area contributed by atoms with Crippen LogP contribution in [0.1, 0.15) is 26.3 Å². The quantitative estimate of drug-likeness (QED) is 0.832. The van der Waals surface area contributed by atoms with Crippen molar-refractivity contribution in [2.24, 2.45) is 0 Å². The van der Waals surface area contributed by atoms with E-state index in [9.17, 15) is 9.59 Å². The number of hydrogen-bond donors (Lipinski definition) is 2. The van der Waals surface area contributed by atoms with Crippen molar-refractivity contribution in [3.05, 3.63) is 63.9 Å². The van der Waals surface area contributed by atoms with Crippen molar-refractivity contribution in [2.45, 2.75) is 6.54 Å². The maximum Gasteiger partial charge on any atom is 0.254 e. The lowest BCUT2D eigenvalue weighted by Gasteiger charge is -2.07. The van der Waals surface area contributed by atoms with E-state index in [1.54, 1.807) is 37.5 Å². The number of halogens is 1. The summed E-state index contributed by atoms with van der Waals surface area (Å²) in [6.45, 7) is 0.383. The first-order valence-corrected chi connectivity index (χ1v) is 7.11. The van der Waals surface area contributed by atoms with Gasteiger partial charge in [0.05, 0.1) is 5.56 Å². The van der Waals surface area contributed by atoms with Crippen molar-refractivity contribution in [2.75, 3.05) is 7.05 Å². The number of carbonyl (C=O) groups is 2.